The maximum absolute atomic E-state index is 13.3. The van der Waals surface area contributed by atoms with Crippen LogP contribution in [-0.2, 0) is 14.3 Å². The molecule has 0 radical (unpaired) electrons. The largest absolute Gasteiger partial charge is 0.426 e. The quantitative estimate of drug-likeness (QED) is 0.600. The smallest absolute Gasteiger partial charge is 0.319 e. The molecule has 0 unspecified atom stereocenters. The van der Waals surface area contributed by atoms with E-state index in [2.05, 4.69) is 0 Å². The summed E-state index contributed by atoms with van der Waals surface area (Å²) in [5, 5.41) is 8.59. The van der Waals surface area contributed by atoms with Crippen LogP contribution in [0.15, 0.2) is 18.2 Å². The minimum atomic E-state index is -0.724. The molecule has 0 atom stereocenters. The Kier molecular flexibility index (Phi) is 4.10. The molecule has 1 fully saturated rings. The fourth-order valence-electron chi connectivity index (χ4n) is 1.59. The summed E-state index contributed by atoms with van der Waals surface area (Å²) in [4.78, 5) is 11.8. The van der Waals surface area contributed by atoms with E-state index in [1.54, 1.807) is 13.0 Å². The Morgan fingerprint density at radius 3 is 2.74 bits per heavy atom. The highest BCUT2D eigenvalue weighted by molar-refractivity contribution is 5.75. The van der Waals surface area contributed by atoms with Crippen molar-refractivity contribution in [2.24, 2.45) is 5.92 Å². The van der Waals surface area contributed by atoms with Crippen molar-refractivity contribution < 1.29 is 23.4 Å². The van der Waals surface area contributed by atoms with Gasteiger partial charge in [-0.3, -0.25) is 4.79 Å². The molecule has 1 aromatic rings. The van der Waals surface area contributed by atoms with E-state index in [0.29, 0.717) is 0 Å². The first-order chi connectivity index (χ1) is 9.10. The van der Waals surface area contributed by atoms with E-state index in [1.165, 1.54) is 12.1 Å². The van der Waals surface area contributed by atoms with Crippen LogP contribution in [-0.4, -0.2) is 25.5 Å². The second-order valence-electron chi connectivity index (χ2n) is 4.11. The standard InChI is InChI=1S/C13H12FNO4/c1-8-17-6-10(7-18-8)13(16)19-11-3-2-9(5-15)12(14)4-11/h2-4,8,10H,6-7H2,1H3. The third kappa shape index (κ3) is 3.28. The number of nitriles is 1. The molecular weight excluding hydrogens is 253 g/mol. The van der Waals surface area contributed by atoms with Crippen molar-refractivity contribution in [3.63, 3.8) is 0 Å². The highest BCUT2D eigenvalue weighted by Gasteiger charge is 2.27. The summed E-state index contributed by atoms with van der Waals surface area (Å²) in [5.74, 6) is -1.75. The molecule has 6 heteroatoms. The van der Waals surface area contributed by atoms with Gasteiger partial charge in [0.15, 0.2) is 6.29 Å². The first-order valence-corrected chi connectivity index (χ1v) is 5.74. The molecule has 0 aliphatic carbocycles. The lowest BCUT2D eigenvalue weighted by molar-refractivity contribution is -0.198. The maximum Gasteiger partial charge on any atom is 0.319 e. The van der Waals surface area contributed by atoms with Gasteiger partial charge in [-0.05, 0) is 19.1 Å². The molecule has 1 aliphatic heterocycles. The van der Waals surface area contributed by atoms with Gasteiger partial charge in [0.05, 0.1) is 18.8 Å². The first-order valence-electron chi connectivity index (χ1n) is 5.74. The van der Waals surface area contributed by atoms with Crippen molar-refractivity contribution in [1.29, 1.82) is 5.26 Å². The summed E-state index contributed by atoms with van der Waals surface area (Å²) < 4.78 is 28.7. The number of rotatable bonds is 2. The maximum atomic E-state index is 13.3. The first kappa shape index (κ1) is 13.5. The summed E-state index contributed by atoms with van der Waals surface area (Å²) >= 11 is 0. The van der Waals surface area contributed by atoms with Crippen LogP contribution in [0.2, 0.25) is 0 Å². The monoisotopic (exact) mass is 265 g/mol. The number of esters is 1. The van der Waals surface area contributed by atoms with Gasteiger partial charge >= 0.3 is 5.97 Å². The molecule has 0 saturated carbocycles. The predicted octanol–water partition coefficient (Wildman–Crippen LogP) is 1.61. The van der Waals surface area contributed by atoms with Crippen LogP contribution in [0.1, 0.15) is 12.5 Å². The number of hydrogen-bond acceptors (Lipinski definition) is 5. The zero-order chi connectivity index (χ0) is 13.8. The Morgan fingerprint density at radius 1 is 1.47 bits per heavy atom. The van der Waals surface area contributed by atoms with Crippen LogP contribution in [0.3, 0.4) is 0 Å². The number of hydrogen-bond donors (Lipinski definition) is 0. The molecule has 0 spiro atoms. The van der Waals surface area contributed by atoms with Crippen LogP contribution in [0.4, 0.5) is 4.39 Å². The van der Waals surface area contributed by atoms with E-state index < -0.39 is 17.7 Å². The third-order valence-electron chi connectivity index (χ3n) is 2.68. The summed E-state index contributed by atoms with van der Waals surface area (Å²) in [7, 11) is 0. The fraction of sp³-hybridized carbons (Fsp3) is 0.385. The van der Waals surface area contributed by atoms with Crippen LogP contribution in [0.25, 0.3) is 0 Å². The van der Waals surface area contributed by atoms with E-state index in [-0.39, 0.29) is 30.8 Å². The lowest BCUT2D eigenvalue weighted by Gasteiger charge is -2.25. The lowest BCUT2D eigenvalue weighted by Crippen LogP contribution is -2.37. The van der Waals surface area contributed by atoms with Gasteiger partial charge in [-0.25, -0.2) is 4.39 Å². The zero-order valence-corrected chi connectivity index (χ0v) is 10.3. The van der Waals surface area contributed by atoms with Crippen LogP contribution in [0.5, 0.6) is 5.75 Å². The number of benzene rings is 1. The number of nitrogens with zero attached hydrogens (tertiary/aromatic N) is 1. The molecule has 0 bridgehead atoms. The van der Waals surface area contributed by atoms with Gasteiger partial charge in [0.25, 0.3) is 0 Å². The Morgan fingerprint density at radius 2 is 2.16 bits per heavy atom. The molecule has 0 aromatic heterocycles. The molecule has 0 N–H and O–H groups in total. The average molecular weight is 265 g/mol. The minimum absolute atomic E-state index is 0.0557. The van der Waals surface area contributed by atoms with E-state index in [4.69, 9.17) is 19.5 Å². The fourth-order valence-corrected chi connectivity index (χ4v) is 1.59. The van der Waals surface area contributed by atoms with Gasteiger partial charge in [-0.15, -0.1) is 0 Å². The second kappa shape index (κ2) is 5.78. The van der Waals surface area contributed by atoms with E-state index in [9.17, 15) is 9.18 Å². The number of halogens is 1. The van der Waals surface area contributed by atoms with Gasteiger partial charge in [0, 0.05) is 6.07 Å². The van der Waals surface area contributed by atoms with E-state index in [0.717, 1.165) is 6.07 Å². The van der Waals surface area contributed by atoms with Crippen molar-refractivity contribution in [3.8, 4) is 11.8 Å². The topological polar surface area (TPSA) is 68.5 Å². The summed E-state index contributed by atoms with van der Waals surface area (Å²) in [5.41, 5.74) is -0.0991. The minimum Gasteiger partial charge on any atom is -0.426 e. The molecule has 5 nitrogen and oxygen atoms in total. The van der Waals surface area contributed by atoms with Crippen LogP contribution in [0, 0.1) is 23.1 Å². The molecule has 2 rings (SSSR count). The normalized spacial score (nSPS) is 22.6. The summed E-state index contributed by atoms with van der Waals surface area (Å²) in [6, 6.07) is 5.32. The lowest BCUT2D eigenvalue weighted by atomic mass is 10.1. The molecule has 1 aliphatic rings. The highest BCUT2D eigenvalue weighted by atomic mass is 19.1. The number of carbonyl (C=O) groups excluding carboxylic acids is 1. The van der Waals surface area contributed by atoms with E-state index in [1.807, 2.05) is 0 Å². The Bertz CT molecular complexity index is 518. The Labute approximate surface area is 109 Å². The summed E-state index contributed by atoms with van der Waals surface area (Å²) in [6.45, 7) is 2.15. The molecule has 1 saturated heterocycles. The van der Waals surface area contributed by atoms with Crippen LogP contribution >= 0.6 is 0 Å². The van der Waals surface area contributed by atoms with Crippen molar-refractivity contribution in [2.75, 3.05) is 13.2 Å². The predicted molar refractivity (Wildman–Crippen MR) is 61.6 cm³/mol. The van der Waals surface area contributed by atoms with Crippen molar-refractivity contribution in [1.82, 2.24) is 0 Å². The Balaban J connectivity index is 1.99. The van der Waals surface area contributed by atoms with Crippen LogP contribution < -0.4 is 4.74 Å². The molecule has 100 valence electrons. The number of ether oxygens (including phenoxy) is 3. The summed E-state index contributed by atoms with van der Waals surface area (Å²) in [6.07, 6.45) is -0.337. The zero-order valence-electron chi connectivity index (χ0n) is 10.3. The number of carbonyl (C=O) groups is 1. The molecular formula is C13H12FNO4. The molecule has 1 heterocycles. The molecule has 1 aromatic carbocycles. The van der Waals surface area contributed by atoms with Gasteiger partial charge in [0.1, 0.15) is 23.6 Å². The van der Waals surface area contributed by atoms with Gasteiger partial charge in [0.2, 0.25) is 0 Å². The van der Waals surface area contributed by atoms with Gasteiger partial charge in [-0.2, -0.15) is 5.26 Å². The van der Waals surface area contributed by atoms with Crippen molar-refractivity contribution in [3.05, 3.63) is 29.6 Å². The van der Waals surface area contributed by atoms with Gasteiger partial charge < -0.3 is 14.2 Å². The molecule has 19 heavy (non-hydrogen) atoms. The van der Waals surface area contributed by atoms with Gasteiger partial charge in [-0.1, -0.05) is 0 Å². The second-order valence-corrected chi connectivity index (χ2v) is 4.11. The SMILES string of the molecule is CC1OCC(C(=O)Oc2ccc(C#N)c(F)c2)CO1. The Hall–Kier alpha value is -1.97. The third-order valence-corrected chi connectivity index (χ3v) is 2.68. The highest BCUT2D eigenvalue weighted by Crippen LogP contribution is 2.19. The molecule has 0 amide bonds. The van der Waals surface area contributed by atoms with Crippen molar-refractivity contribution in [2.45, 2.75) is 13.2 Å². The van der Waals surface area contributed by atoms with Crippen molar-refractivity contribution >= 4 is 5.97 Å². The van der Waals surface area contributed by atoms with E-state index >= 15 is 0 Å². The average Bonchev–Trinajstić information content (AvgIpc) is 2.39.